The van der Waals surface area contributed by atoms with Crippen molar-refractivity contribution in [1.29, 1.82) is 0 Å². The van der Waals surface area contributed by atoms with E-state index in [4.69, 9.17) is 14.0 Å². The molecule has 1 aromatic heterocycles. The lowest BCUT2D eigenvalue weighted by molar-refractivity contribution is -0.755. The maximum absolute atomic E-state index is 13.2. The van der Waals surface area contributed by atoms with E-state index in [1.165, 1.54) is 16.9 Å². The van der Waals surface area contributed by atoms with Gasteiger partial charge in [0.15, 0.2) is 5.43 Å². The molecule has 206 valence electrons. The first-order chi connectivity index (χ1) is 18.5. The molecule has 3 aromatic rings. The second-order valence-electron chi connectivity index (χ2n) is 9.76. The fraction of sp³-hybridized carbons (Fsp3) is 0.370. The monoisotopic (exact) mass is 542 g/mol. The second kappa shape index (κ2) is 10.1. The van der Waals surface area contributed by atoms with Crippen LogP contribution < -0.4 is 10.3 Å². The number of aromatic hydroxyl groups is 1. The summed E-state index contributed by atoms with van der Waals surface area (Å²) >= 11 is 0. The van der Waals surface area contributed by atoms with Crippen LogP contribution in [0.1, 0.15) is 41.5 Å². The third-order valence-electron chi connectivity index (χ3n) is 7.13. The fourth-order valence-electron chi connectivity index (χ4n) is 5.21. The summed E-state index contributed by atoms with van der Waals surface area (Å²) in [5.74, 6) is -1.04. The minimum absolute atomic E-state index is 0.0498. The van der Waals surface area contributed by atoms with Crippen LogP contribution in [-0.4, -0.2) is 78.1 Å². The van der Waals surface area contributed by atoms with Gasteiger partial charge in [-0.25, -0.2) is 9.63 Å². The largest absolute Gasteiger partial charge is 0.507 e. The Kier molecular flexibility index (Phi) is 6.91. The van der Waals surface area contributed by atoms with Gasteiger partial charge in [-0.15, -0.1) is 0 Å². The summed E-state index contributed by atoms with van der Waals surface area (Å²) in [5, 5.41) is 61.6. The molecule has 3 heterocycles. The van der Waals surface area contributed by atoms with E-state index in [9.17, 15) is 40.2 Å². The summed E-state index contributed by atoms with van der Waals surface area (Å²) in [4.78, 5) is 31.1. The standard InChI is InChI=1S/C27H27NO11/c1-11-7-15(30)20(26-24(34)23(33)22(32)18(10-29)38-26)25-19(11)16(31)9-13(37-25)8-12(2)28-21(27(35)36)14-5-3-4-6-17(14)39-28/h3-7,9,18,21-24,26,29,32-34H,8,10H2,1-2H3,(H-,30,31,35,36)/p+1/b28-12+. The van der Waals surface area contributed by atoms with E-state index in [0.717, 1.165) is 0 Å². The normalized spacial score (nSPS) is 27.7. The van der Waals surface area contributed by atoms with Crippen molar-refractivity contribution in [2.45, 2.75) is 56.8 Å². The molecular formula is C27H28NO11+. The topological polar surface area (TPSA) is 190 Å². The summed E-state index contributed by atoms with van der Waals surface area (Å²) in [6.45, 7) is 2.52. The second-order valence-corrected chi connectivity index (χ2v) is 9.76. The van der Waals surface area contributed by atoms with Crippen LogP contribution in [0.25, 0.3) is 11.0 Å². The third kappa shape index (κ3) is 4.45. The number of carbonyl (C=O) groups is 1. The maximum atomic E-state index is 13.2. The number of aliphatic hydroxyl groups is 4. The molecule has 2 aliphatic heterocycles. The zero-order valence-electron chi connectivity index (χ0n) is 21.0. The molecule has 39 heavy (non-hydrogen) atoms. The van der Waals surface area contributed by atoms with Crippen molar-refractivity contribution in [1.82, 2.24) is 0 Å². The Morgan fingerprint density at radius 2 is 1.79 bits per heavy atom. The van der Waals surface area contributed by atoms with Crippen molar-refractivity contribution in [2.75, 3.05) is 6.61 Å². The number of hydrogen-bond acceptors (Lipinski definition) is 10. The van der Waals surface area contributed by atoms with Gasteiger partial charge in [0.1, 0.15) is 47.6 Å². The fourth-order valence-corrected chi connectivity index (χ4v) is 5.21. The van der Waals surface area contributed by atoms with Crippen LogP contribution in [0.15, 0.2) is 45.6 Å². The van der Waals surface area contributed by atoms with E-state index >= 15 is 0 Å². The highest BCUT2D eigenvalue weighted by molar-refractivity contribution is 5.87. The van der Waals surface area contributed by atoms with Crippen molar-refractivity contribution in [3.05, 3.63) is 69.1 Å². The molecule has 0 aliphatic carbocycles. The number of rotatable bonds is 5. The molecule has 1 saturated heterocycles. The number of hydroxylamine groups is 1. The van der Waals surface area contributed by atoms with E-state index in [2.05, 4.69) is 0 Å². The number of aliphatic carboxylic acids is 1. The van der Waals surface area contributed by atoms with Gasteiger partial charge in [0.2, 0.25) is 11.5 Å². The van der Waals surface area contributed by atoms with Gasteiger partial charge in [0, 0.05) is 13.0 Å². The summed E-state index contributed by atoms with van der Waals surface area (Å²) in [6, 6.07) is 8.13. The minimum atomic E-state index is -1.73. The molecule has 6 N–H and O–H groups in total. The number of para-hydroxylation sites is 1. The van der Waals surface area contributed by atoms with Gasteiger partial charge in [0.25, 0.3) is 0 Å². The molecule has 0 radical (unpaired) electrons. The number of phenolic OH excluding ortho intramolecular Hbond substituents is 1. The molecule has 12 heteroatoms. The molecule has 0 spiro atoms. The van der Waals surface area contributed by atoms with Gasteiger partial charge >= 0.3 is 12.0 Å². The Morgan fingerprint density at radius 3 is 2.49 bits per heavy atom. The van der Waals surface area contributed by atoms with Crippen LogP contribution in [0.2, 0.25) is 0 Å². The molecule has 1 fully saturated rings. The number of carboxylic acids is 1. The van der Waals surface area contributed by atoms with Crippen LogP contribution in [0.3, 0.4) is 0 Å². The number of fused-ring (bicyclic) bond motifs is 2. The van der Waals surface area contributed by atoms with Crippen LogP contribution in [0.5, 0.6) is 11.5 Å². The Hall–Kier alpha value is -3.81. The van der Waals surface area contributed by atoms with Crippen LogP contribution in [0.4, 0.5) is 0 Å². The average Bonchev–Trinajstić information content (AvgIpc) is 3.28. The van der Waals surface area contributed by atoms with Gasteiger partial charge < -0.3 is 39.8 Å². The molecule has 12 nitrogen and oxygen atoms in total. The Morgan fingerprint density at radius 1 is 1.08 bits per heavy atom. The highest BCUT2D eigenvalue weighted by Gasteiger charge is 2.47. The molecule has 2 aliphatic rings. The number of aliphatic hydroxyl groups excluding tert-OH is 4. The lowest BCUT2D eigenvalue weighted by Gasteiger charge is -2.40. The predicted molar refractivity (Wildman–Crippen MR) is 134 cm³/mol. The first-order valence-electron chi connectivity index (χ1n) is 12.2. The van der Waals surface area contributed by atoms with Gasteiger partial charge in [-0.3, -0.25) is 4.79 Å². The van der Waals surface area contributed by atoms with E-state index in [1.54, 1.807) is 38.1 Å². The number of carboxylic acid groups (broad SMARTS) is 1. The summed E-state index contributed by atoms with van der Waals surface area (Å²) in [6.07, 6.45) is -7.83. The van der Waals surface area contributed by atoms with Gasteiger partial charge in [0.05, 0.1) is 29.5 Å². The van der Waals surface area contributed by atoms with Crippen molar-refractivity contribution >= 4 is 22.7 Å². The molecule has 6 atom stereocenters. The lowest BCUT2D eigenvalue weighted by atomic mass is 9.89. The van der Waals surface area contributed by atoms with Crippen molar-refractivity contribution in [3.8, 4) is 11.5 Å². The van der Waals surface area contributed by atoms with Crippen LogP contribution in [0, 0.1) is 6.92 Å². The number of ether oxygens (including phenoxy) is 1. The van der Waals surface area contributed by atoms with E-state index in [1.807, 2.05) is 0 Å². The number of nitrogens with zero attached hydrogens (tertiary/aromatic N) is 1. The van der Waals surface area contributed by atoms with E-state index in [-0.39, 0.29) is 28.7 Å². The van der Waals surface area contributed by atoms with Crippen molar-refractivity contribution < 1.29 is 54.2 Å². The predicted octanol–water partition coefficient (Wildman–Crippen LogP) is 0.471. The van der Waals surface area contributed by atoms with Gasteiger partial charge in [-0.2, -0.15) is 0 Å². The number of benzene rings is 2. The first-order valence-corrected chi connectivity index (χ1v) is 12.2. The Labute approximate surface area is 221 Å². The number of phenols is 1. The number of aryl methyl sites for hydroxylation is 1. The molecule has 5 rings (SSSR count). The smallest absolute Gasteiger partial charge is 0.383 e. The molecule has 0 saturated carbocycles. The molecule has 2 aromatic carbocycles. The lowest BCUT2D eigenvalue weighted by Crippen LogP contribution is -2.55. The number of hydrogen-bond donors (Lipinski definition) is 6. The zero-order chi connectivity index (χ0) is 28.2. The highest BCUT2D eigenvalue weighted by Crippen LogP contribution is 2.41. The summed E-state index contributed by atoms with van der Waals surface area (Å²) in [7, 11) is 0. The summed E-state index contributed by atoms with van der Waals surface area (Å²) < 4.78 is 12.9. The first kappa shape index (κ1) is 26.8. The van der Waals surface area contributed by atoms with Crippen LogP contribution in [-0.2, 0) is 16.0 Å². The Balaban J connectivity index is 1.62. The SMILES string of the molecule is C/C(Cc1cc(=O)c2c(C)cc(O)c(C3OC(CO)C(O)C(O)C3O)c2o1)=[N+]1\Oc2ccccc2C1C(=O)O. The van der Waals surface area contributed by atoms with Crippen LogP contribution >= 0.6 is 0 Å². The molecular weight excluding hydrogens is 514 g/mol. The third-order valence-corrected chi connectivity index (χ3v) is 7.13. The quantitative estimate of drug-likeness (QED) is 0.246. The van der Waals surface area contributed by atoms with E-state index in [0.29, 0.717) is 22.6 Å². The van der Waals surface area contributed by atoms with E-state index < -0.39 is 60.3 Å². The average molecular weight is 543 g/mol. The molecule has 0 amide bonds. The van der Waals surface area contributed by atoms with Crippen molar-refractivity contribution in [3.63, 3.8) is 0 Å². The minimum Gasteiger partial charge on any atom is -0.507 e. The van der Waals surface area contributed by atoms with Crippen molar-refractivity contribution in [2.24, 2.45) is 0 Å². The maximum Gasteiger partial charge on any atom is 0.383 e. The highest BCUT2D eigenvalue weighted by atomic mass is 16.7. The van der Waals surface area contributed by atoms with Gasteiger partial charge in [-0.05, 0) is 35.4 Å². The summed E-state index contributed by atoms with van der Waals surface area (Å²) in [5.41, 5.74) is 0.524. The molecule has 0 bridgehead atoms. The zero-order valence-corrected chi connectivity index (χ0v) is 21.0. The van der Waals surface area contributed by atoms with Gasteiger partial charge in [-0.1, -0.05) is 12.1 Å². The Bertz CT molecular complexity index is 1540. The molecule has 6 unspecified atom stereocenters.